The predicted molar refractivity (Wildman–Crippen MR) is 76.7 cm³/mol. The average molecular weight is 297 g/mol. The van der Waals surface area contributed by atoms with Gasteiger partial charge in [-0.3, -0.25) is 0 Å². The summed E-state index contributed by atoms with van der Waals surface area (Å²) < 4.78 is 26.0. The maximum atomic E-state index is 11.8. The van der Waals surface area contributed by atoms with Crippen LogP contribution in [-0.2, 0) is 16.6 Å². The van der Waals surface area contributed by atoms with Crippen LogP contribution in [0, 0.1) is 0 Å². The Morgan fingerprint density at radius 2 is 2.00 bits per heavy atom. The quantitative estimate of drug-likeness (QED) is 0.856. The summed E-state index contributed by atoms with van der Waals surface area (Å²) in [7, 11) is -3.37. The molecule has 0 aliphatic rings. The Kier molecular flexibility index (Phi) is 4.52. The van der Waals surface area contributed by atoms with Gasteiger partial charge in [0.25, 0.3) is 0 Å². The lowest BCUT2D eigenvalue weighted by molar-refractivity contribution is 0.584. The van der Waals surface area contributed by atoms with E-state index in [-0.39, 0.29) is 4.90 Å². The Hall–Kier alpha value is -1.44. The van der Waals surface area contributed by atoms with E-state index in [0.29, 0.717) is 13.1 Å². The van der Waals surface area contributed by atoms with Crippen molar-refractivity contribution in [1.82, 2.24) is 9.71 Å². The molecule has 0 aliphatic heterocycles. The highest BCUT2D eigenvalue weighted by Crippen LogP contribution is 2.14. The standard InChI is InChI=1S/C12H15N3O2S2/c1-2-15-19(16,17)11-5-3-10(4-6-11)9-14-12-13-7-8-18-12/h3-8,15H,2,9H2,1H3,(H,13,14). The van der Waals surface area contributed by atoms with Crippen LogP contribution in [0.3, 0.4) is 0 Å². The second-order valence-electron chi connectivity index (χ2n) is 3.84. The van der Waals surface area contributed by atoms with Crippen molar-refractivity contribution in [3.63, 3.8) is 0 Å². The third-order valence-corrected chi connectivity index (χ3v) is 4.74. The van der Waals surface area contributed by atoms with E-state index in [2.05, 4.69) is 15.0 Å². The lowest BCUT2D eigenvalue weighted by Crippen LogP contribution is -2.23. The zero-order chi connectivity index (χ0) is 13.7. The van der Waals surface area contributed by atoms with Crippen molar-refractivity contribution in [2.45, 2.75) is 18.4 Å². The van der Waals surface area contributed by atoms with E-state index in [1.807, 2.05) is 5.38 Å². The molecular formula is C12H15N3O2S2. The molecule has 1 aromatic heterocycles. The largest absolute Gasteiger partial charge is 0.357 e. The normalized spacial score (nSPS) is 11.4. The fourth-order valence-electron chi connectivity index (χ4n) is 1.55. The van der Waals surface area contributed by atoms with Crippen molar-refractivity contribution >= 4 is 26.5 Å². The van der Waals surface area contributed by atoms with Gasteiger partial charge in [0.2, 0.25) is 10.0 Å². The summed E-state index contributed by atoms with van der Waals surface area (Å²) in [5, 5.41) is 5.92. The monoisotopic (exact) mass is 297 g/mol. The molecule has 0 aliphatic carbocycles. The van der Waals surface area contributed by atoms with E-state index < -0.39 is 10.0 Å². The van der Waals surface area contributed by atoms with Gasteiger partial charge >= 0.3 is 0 Å². The first-order valence-electron chi connectivity index (χ1n) is 5.84. The van der Waals surface area contributed by atoms with Crippen LogP contribution >= 0.6 is 11.3 Å². The maximum Gasteiger partial charge on any atom is 0.240 e. The van der Waals surface area contributed by atoms with Crippen molar-refractivity contribution in [2.24, 2.45) is 0 Å². The van der Waals surface area contributed by atoms with E-state index in [9.17, 15) is 8.42 Å². The van der Waals surface area contributed by atoms with Crippen LogP contribution in [0.1, 0.15) is 12.5 Å². The van der Waals surface area contributed by atoms with Crippen molar-refractivity contribution in [3.8, 4) is 0 Å². The molecule has 0 amide bonds. The summed E-state index contributed by atoms with van der Waals surface area (Å²) in [5.74, 6) is 0. The average Bonchev–Trinajstić information content (AvgIpc) is 2.90. The highest BCUT2D eigenvalue weighted by Gasteiger charge is 2.11. The third-order valence-electron chi connectivity index (χ3n) is 2.44. The fraction of sp³-hybridized carbons (Fsp3) is 0.250. The van der Waals surface area contributed by atoms with Gasteiger partial charge in [-0.05, 0) is 17.7 Å². The van der Waals surface area contributed by atoms with Crippen LogP contribution in [0.4, 0.5) is 5.13 Å². The highest BCUT2D eigenvalue weighted by molar-refractivity contribution is 7.89. The molecule has 1 heterocycles. The van der Waals surface area contributed by atoms with E-state index >= 15 is 0 Å². The molecular weight excluding hydrogens is 282 g/mol. The lowest BCUT2D eigenvalue weighted by Gasteiger charge is -2.06. The number of hydrogen-bond donors (Lipinski definition) is 2. The summed E-state index contributed by atoms with van der Waals surface area (Å²) in [4.78, 5) is 4.40. The Labute approximate surface area is 116 Å². The van der Waals surface area contributed by atoms with Crippen LogP contribution in [0.15, 0.2) is 40.7 Å². The van der Waals surface area contributed by atoms with Crippen LogP contribution in [-0.4, -0.2) is 19.9 Å². The molecule has 0 radical (unpaired) electrons. The van der Waals surface area contributed by atoms with Crippen LogP contribution in [0.2, 0.25) is 0 Å². The molecule has 102 valence electrons. The van der Waals surface area contributed by atoms with Gasteiger partial charge in [0.05, 0.1) is 4.90 Å². The van der Waals surface area contributed by atoms with Gasteiger partial charge in [-0.25, -0.2) is 18.1 Å². The Morgan fingerprint density at radius 3 is 2.58 bits per heavy atom. The van der Waals surface area contributed by atoms with E-state index in [0.717, 1.165) is 10.7 Å². The molecule has 7 heteroatoms. The van der Waals surface area contributed by atoms with Crippen molar-refractivity contribution < 1.29 is 8.42 Å². The summed E-state index contributed by atoms with van der Waals surface area (Å²) in [6.45, 7) is 2.76. The minimum absolute atomic E-state index is 0.285. The molecule has 0 spiro atoms. The Bertz CT molecular complexity index is 607. The molecule has 0 fully saturated rings. The summed E-state index contributed by atoms with van der Waals surface area (Å²) in [6, 6.07) is 6.81. The molecule has 2 N–H and O–H groups in total. The lowest BCUT2D eigenvalue weighted by atomic mass is 10.2. The molecule has 0 saturated carbocycles. The Morgan fingerprint density at radius 1 is 1.26 bits per heavy atom. The van der Waals surface area contributed by atoms with Gasteiger partial charge in [0, 0.05) is 24.7 Å². The molecule has 19 heavy (non-hydrogen) atoms. The first-order chi connectivity index (χ1) is 9.12. The zero-order valence-electron chi connectivity index (χ0n) is 10.5. The maximum absolute atomic E-state index is 11.8. The number of aromatic nitrogens is 1. The second-order valence-corrected chi connectivity index (χ2v) is 6.50. The number of sulfonamides is 1. The van der Waals surface area contributed by atoms with E-state index in [4.69, 9.17) is 0 Å². The van der Waals surface area contributed by atoms with Crippen molar-refractivity contribution in [3.05, 3.63) is 41.4 Å². The van der Waals surface area contributed by atoms with Gasteiger partial charge in [-0.1, -0.05) is 19.1 Å². The van der Waals surface area contributed by atoms with E-state index in [1.54, 1.807) is 37.4 Å². The molecule has 0 saturated heterocycles. The smallest absolute Gasteiger partial charge is 0.240 e. The number of hydrogen-bond acceptors (Lipinski definition) is 5. The summed E-state index contributed by atoms with van der Waals surface area (Å²) in [5.41, 5.74) is 1.01. The molecule has 2 rings (SSSR count). The Balaban J connectivity index is 2.02. The summed E-state index contributed by atoms with van der Waals surface area (Å²) >= 11 is 1.53. The molecule has 0 atom stereocenters. The molecule has 0 unspecified atom stereocenters. The van der Waals surface area contributed by atoms with Crippen LogP contribution in [0.25, 0.3) is 0 Å². The van der Waals surface area contributed by atoms with Gasteiger partial charge in [0.15, 0.2) is 5.13 Å². The fourth-order valence-corrected chi connectivity index (χ4v) is 3.12. The minimum atomic E-state index is -3.37. The number of benzene rings is 1. The zero-order valence-corrected chi connectivity index (χ0v) is 12.1. The number of nitrogens with zero attached hydrogens (tertiary/aromatic N) is 1. The van der Waals surface area contributed by atoms with Crippen LogP contribution < -0.4 is 10.0 Å². The van der Waals surface area contributed by atoms with Crippen molar-refractivity contribution in [1.29, 1.82) is 0 Å². The molecule has 1 aromatic carbocycles. The number of thiazole rings is 1. The number of rotatable bonds is 6. The first-order valence-corrected chi connectivity index (χ1v) is 8.20. The molecule has 0 bridgehead atoms. The second kappa shape index (κ2) is 6.14. The topological polar surface area (TPSA) is 71.1 Å². The van der Waals surface area contributed by atoms with Crippen LogP contribution in [0.5, 0.6) is 0 Å². The van der Waals surface area contributed by atoms with Gasteiger partial charge in [0.1, 0.15) is 0 Å². The third kappa shape index (κ3) is 3.76. The SMILES string of the molecule is CCNS(=O)(=O)c1ccc(CNc2nccs2)cc1. The molecule has 2 aromatic rings. The van der Waals surface area contributed by atoms with Crippen molar-refractivity contribution in [2.75, 3.05) is 11.9 Å². The summed E-state index contributed by atoms with van der Waals surface area (Å²) in [6.07, 6.45) is 1.74. The van der Waals surface area contributed by atoms with Gasteiger partial charge in [-0.2, -0.15) is 0 Å². The highest BCUT2D eigenvalue weighted by atomic mass is 32.2. The first kappa shape index (κ1) is 14.0. The number of anilines is 1. The van der Waals surface area contributed by atoms with Gasteiger partial charge in [-0.15, -0.1) is 11.3 Å². The molecule has 5 nitrogen and oxygen atoms in total. The minimum Gasteiger partial charge on any atom is -0.357 e. The van der Waals surface area contributed by atoms with Gasteiger partial charge < -0.3 is 5.32 Å². The van der Waals surface area contributed by atoms with E-state index in [1.165, 1.54) is 11.3 Å². The number of nitrogens with one attached hydrogen (secondary N) is 2. The predicted octanol–water partition coefficient (Wildman–Crippen LogP) is 2.05.